The van der Waals surface area contributed by atoms with Crippen molar-refractivity contribution in [3.8, 4) is 0 Å². The molecule has 0 bridgehead atoms. The maximum absolute atomic E-state index is 13.0. The van der Waals surface area contributed by atoms with Crippen molar-refractivity contribution in [2.24, 2.45) is 17.1 Å². The molecule has 0 aromatic rings. The summed E-state index contributed by atoms with van der Waals surface area (Å²) in [6.07, 6.45) is -3.93. The van der Waals surface area contributed by atoms with Gasteiger partial charge in [0, 0.05) is 6.04 Å². The zero-order valence-corrected chi connectivity index (χ0v) is 12.3. The topological polar surface area (TPSA) is 35.2 Å². The summed E-state index contributed by atoms with van der Waals surface area (Å²) < 4.78 is 44.4. The highest BCUT2D eigenvalue weighted by atomic mass is 19.4. The van der Waals surface area contributed by atoms with Crippen LogP contribution < -0.4 is 5.73 Å². The largest absolute Gasteiger partial charge is 0.416 e. The molecule has 2 N–H and O–H groups in total. The van der Waals surface area contributed by atoms with Crippen molar-refractivity contribution in [1.29, 1.82) is 0 Å². The number of nitrogens with two attached hydrogens (primary N) is 1. The standard InChI is InChI=1S/C14H26F3NO/c1-5-11(18)12(14(15,16)17)19-10-6-9(2)7-13(3,4)8-10/h9-12H,5-8,18H2,1-4H3. The zero-order chi connectivity index (χ0) is 14.8. The number of halogens is 3. The van der Waals surface area contributed by atoms with E-state index in [1.54, 1.807) is 6.92 Å². The number of alkyl halides is 3. The molecule has 0 amide bonds. The molecule has 0 heterocycles. The third-order valence-corrected chi connectivity index (χ3v) is 3.87. The molecule has 0 radical (unpaired) electrons. The van der Waals surface area contributed by atoms with Gasteiger partial charge in [-0.15, -0.1) is 0 Å². The highest BCUT2D eigenvalue weighted by Gasteiger charge is 2.46. The third kappa shape index (κ3) is 4.95. The molecule has 2 nitrogen and oxygen atoms in total. The fraction of sp³-hybridized carbons (Fsp3) is 1.00. The van der Waals surface area contributed by atoms with Crippen molar-refractivity contribution in [3.63, 3.8) is 0 Å². The fourth-order valence-corrected chi connectivity index (χ4v) is 3.20. The van der Waals surface area contributed by atoms with Gasteiger partial charge in [0.25, 0.3) is 0 Å². The van der Waals surface area contributed by atoms with Crippen LogP contribution in [0.25, 0.3) is 0 Å². The molecule has 0 aliphatic heterocycles. The van der Waals surface area contributed by atoms with E-state index < -0.39 is 18.3 Å². The van der Waals surface area contributed by atoms with E-state index in [0.717, 1.165) is 6.42 Å². The van der Waals surface area contributed by atoms with Crippen LogP contribution in [0.4, 0.5) is 13.2 Å². The molecule has 19 heavy (non-hydrogen) atoms. The Bertz CT molecular complexity index is 291. The lowest BCUT2D eigenvalue weighted by Gasteiger charge is -2.41. The van der Waals surface area contributed by atoms with E-state index in [0.29, 0.717) is 18.8 Å². The molecule has 1 rings (SSSR count). The van der Waals surface area contributed by atoms with Crippen LogP contribution in [0, 0.1) is 11.3 Å². The molecule has 1 fully saturated rings. The van der Waals surface area contributed by atoms with Crippen molar-refractivity contribution >= 4 is 0 Å². The smallest absolute Gasteiger partial charge is 0.364 e. The first-order valence-electron chi connectivity index (χ1n) is 7.03. The lowest BCUT2D eigenvalue weighted by atomic mass is 9.71. The second-order valence-corrected chi connectivity index (χ2v) is 6.71. The van der Waals surface area contributed by atoms with Crippen LogP contribution in [0.3, 0.4) is 0 Å². The molecule has 0 saturated heterocycles. The van der Waals surface area contributed by atoms with Crippen molar-refractivity contribution < 1.29 is 17.9 Å². The number of hydrogen-bond acceptors (Lipinski definition) is 2. The number of ether oxygens (including phenoxy) is 1. The summed E-state index contributed by atoms with van der Waals surface area (Å²) >= 11 is 0. The Morgan fingerprint density at radius 3 is 2.32 bits per heavy atom. The van der Waals surface area contributed by atoms with Gasteiger partial charge in [0.2, 0.25) is 0 Å². The minimum Gasteiger partial charge on any atom is -0.364 e. The molecular formula is C14H26F3NO. The van der Waals surface area contributed by atoms with Crippen LogP contribution >= 0.6 is 0 Å². The van der Waals surface area contributed by atoms with E-state index in [1.807, 2.05) is 0 Å². The lowest BCUT2D eigenvalue weighted by molar-refractivity contribution is -0.246. The number of rotatable bonds is 4. The zero-order valence-electron chi connectivity index (χ0n) is 12.3. The second-order valence-electron chi connectivity index (χ2n) is 6.71. The van der Waals surface area contributed by atoms with Crippen molar-refractivity contribution in [3.05, 3.63) is 0 Å². The van der Waals surface area contributed by atoms with Gasteiger partial charge < -0.3 is 10.5 Å². The highest BCUT2D eigenvalue weighted by molar-refractivity contribution is 4.87. The van der Waals surface area contributed by atoms with E-state index in [-0.39, 0.29) is 17.9 Å². The summed E-state index contributed by atoms with van der Waals surface area (Å²) in [5, 5.41) is 0. The van der Waals surface area contributed by atoms with Gasteiger partial charge in [-0.3, -0.25) is 0 Å². The van der Waals surface area contributed by atoms with Gasteiger partial charge in [0.05, 0.1) is 6.10 Å². The Hall–Kier alpha value is -0.290. The molecule has 0 aromatic heterocycles. The summed E-state index contributed by atoms with van der Waals surface area (Å²) in [5.74, 6) is 0.389. The second kappa shape index (κ2) is 6.00. The molecular weight excluding hydrogens is 255 g/mol. The summed E-state index contributed by atoms with van der Waals surface area (Å²) in [7, 11) is 0. The normalized spacial score (nSPS) is 30.9. The predicted octanol–water partition coefficient (Wildman–Crippen LogP) is 3.89. The summed E-state index contributed by atoms with van der Waals surface area (Å²) in [5.41, 5.74) is 5.61. The average Bonchev–Trinajstić information content (AvgIpc) is 2.20. The molecule has 5 heteroatoms. The first-order valence-corrected chi connectivity index (χ1v) is 7.03. The minimum atomic E-state index is -4.39. The van der Waals surface area contributed by atoms with Gasteiger partial charge in [0.15, 0.2) is 6.10 Å². The van der Waals surface area contributed by atoms with Gasteiger partial charge >= 0.3 is 6.18 Å². The Kier molecular flexibility index (Phi) is 5.29. The summed E-state index contributed by atoms with van der Waals surface area (Å²) in [4.78, 5) is 0. The fourth-order valence-electron chi connectivity index (χ4n) is 3.20. The van der Waals surface area contributed by atoms with Crippen LogP contribution in [0.15, 0.2) is 0 Å². The molecule has 1 aliphatic rings. The SMILES string of the molecule is CCC(N)C(OC1CC(C)CC(C)(C)C1)C(F)(F)F. The van der Waals surface area contributed by atoms with E-state index in [2.05, 4.69) is 20.8 Å². The Balaban J connectivity index is 2.74. The molecule has 4 unspecified atom stereocenters. The minimum absolute atomic E-state index is 0.0365. The van der Waals surface area contributed by atoms with Crippen LogP contribution in [0.1, 0.15) is 53.4 Å². The summed E-state index contributed by atoms with van der Waals surface area (Å²) in [6, 6.07) is -0.986. The molecule has 4 atom stereocenters. The quantitative estimate of drug-likeness (QED) is 0.848. The molecule has 0 aromatic carbocycles. The van der Waals surface area contributed by atoms with Gasteiger partial charge in [-0.1, -0.05) is 27.7 Å². The monoisotopic (exact) mass is 281 g/mol. The average molecular weight is 281 g/mol. The Morgan fingerprint density at radius 2 is 1.89 bits per heavy atom. The van der Waals surface area contributed by atoms with E-state index in [9.17, 15) is 13.2 Å². The maximum Gasteiger partial charge on any atom is 0.416 e. The van der Waals surface area contributed by atoms with Crippen LogP contribution in [0.5, 0.6) is 0 Å². The van der Waals surface area contributed by atoms with Crippen molar-refractivity contribution in [1.82, 2.24) is 0 Å². The van der Waals surface area contributed by atoms with Crippen molar-refractivity contribution in [2.45, 2.75) is 77.8 Å². The predicted molar refractivity (Wildman–Crippen MR) is 69.8 cm³/mol. The first-order chi connectivity index (χ1) is 8.55. The van der Waals surface area contributed by atoms with E-state index >= 15 is 0 Å². The molecule has 114 valence electrons. The van der Waals surface area contributed by atoms with Gasteiger partial charge in [-0.05, 0) is 37.0 Å². The van der Waals surface area contributed by atoms with E-state index in [4.69, 9.17) is 10.5 Å². The molecule has 0 spiro atoms. The molecule has 1 saturated carbocycles. The maximum atomic E-state index is 13.0. The molecule has 1 aliphatic carbocycles. The third-order valence-electron chi connectivity index (χ3n) is 3.87. The van der Waals surface area contributed by atoms with Gasteiger partial charge in [-0.25, -0.2) is 0 Å². The Labute approximate surface area is 113 Å². The summed E-state index contributed by atoms with van der Waals surface area (Å²) in [6.45, 7) is 7.89. The lowest BCUT2D eigenvalue weighted by Crippen LogP contribution is -2.49. The van der Waals surface area contributed by atoms with Crippen LogP contribution in [-0.4, -0.2) is 24.4 Å². The van der Waals surface area contributed by atoms with Crippen LogP contribution in [-0.2, 0) is 4.74 Å². The van der Waals surface area contributed by atoms with Crippen molar-refractivity contribution in [2.75, 3.05) is 0 Å². The van der Waals surface area contributed by atoms with Gasteiger partial charge in [0.1, 0.15) is 0 Å². The van der Waals surface area contributed by atoms with Crippen LogP contribution in [0.2, 0.25) is 0 Å². The van der Waals surface area contributed by atoms with Gasteiger partial charge in [-0.2, -0.15) is 13.2 Å². The first kappa shape index (κ1) is 16.8. The highest BCUT2D eigenvalue weighted by Crippen LogP contribution is 2.41. The van der Waals surface area contributed by atoms with E-state index in [1.165, 1.54) is 0 Å². The number of hydrogen-bond donors (Lipinski definition) is 1. The Morgan fingerprint density at radius 1 is 1.32 bits per heavy atom.